The molecule has 1 N–H and O–H groups in total. The van der Waals surface area contributed by atoms with Crippen LogP contribution >= 0.6 is 0 Å². The molecule has 2 nitrogen and oxygen atoms in total. The van der Waals surface area contributed by atoms with Crippen molar-refractivity contribution in [2.75, 3.05) is 13.2 Å². The number of ether oxygens (including phenoxy) is 1. The minimum Gasteiger partial charge on any atom is -0.493 e. The highest BCUT2D eigenvalue weighted by Gasteiger charge is 2.07. The zero-order chi connectivity index (χ0) is 13.5. The molecule has 0 aliphatic heterocycles. The van der Waals surface area contributed by atoms with Gasteiger partial charge in [0, 0.05) is 6.04 Å². The summed E-state index contributed by atoms with van der Waals surface area (Å²) in [5.41, 5.74) is 1.29. The van der Waals surface area contributed by atoms with E-state index in [-0.39, 0.29) is 0 Å². The van der Waals surface area contributed by atoms with Crippen LogP contribution in [0.5, 0.6) is 5.75 Å². The van der Waals surface area contributed by atoms with Crippen molar-refractivity contribution in [3.05, 3.63) is 29.8 Å². The summed E-state index contributed by atoms with van der Waals surface area (Å²) in [6.45, 7) is 12.8. The van der Waals surface area contributed by atoms with E-state index in [1.165, 1.54) is 5.56 Å². The Kier molecular flexibility index (Phi) is 6.20. The van der Waals surface area contributed by atoms with Gasteiger partial charge in [0.15, 0.2) is 0 Å². The summed E-state index contributed by atoms with van der Waals surface area (Å²) in [5.74, 6) is 2.21. The molecule has 0 saturated heterocycles. The molecule has 0 radical (unpaired) electrons. The lowest BCUT2D eigenvalue weighted by molar-refractivity contribution is 0.270. The minimum absolute atomic E-state index is 0.370. The lowest BCUT2D eigenvalue weighted by Gasteiger charge is -2.17. The van der Waals surface area contributed by atoms with Crippen molar-refractivity contribution in [1.82, 2.24) is 5.32 Å². The Balaban J connectivity index is 2.57. The summed E-state index contributed by atoms with van der Waals surface area (Å²) >= 11 is 0. The normalized spacial score (nSPS) is 13.1. The third-order valence-corrected chi connectivity index (χ3v) is 2.77. The highest BCUT2D eigenvalue weighted by atomic mass is 16.5. The zero-order valence-corrected chi connectivity index (χ0v) is 12.4. The van der Waals surface area contributed by atoms with Gasteiger partial charge in [-0.3, -0.25) is 0 Å². The number of nitrogens with one attached hydrogen (secondary N) is 1. The summed E-state index contributed by atoms with van der Waals surface area (Å²) in [4.78, 5) is 0. The third-order valence-electron chi connectivity index (χ3n) is 2.77. The Hall–Kier alpha value is -1.02. The second-order valence-corrected chi connectivity index (χ2v) is 5.80. The van der Waals surface area contributed by atoms with E-state index in [0.29, 0.717) is 17.9 Å². The van der Waals surface area contributed by atoms with Crippen LogP contribution in [-0.2, 0) is 0 Å². The van der Waals surface area contributed by atoms with Crippen LogP contribution in [0.4, 0.5) is 0 Å². The van der Waals surface area contributed by atoms with Crippen molar-refractivity contribution in [1.29, 1.82) is 0 Å². The second-order valence-electron chi connectivity index (χ2n) is 5.80. The predicted octanol–water partition coefficient (Wildman–Crippen LogP) is 4.03. The maximum atomic E-state index is 5.76. The Morgan fingerprint density at radius 1 is 1.06 bits per heavy atom. The van der Waals surface area contributed by atoms with E-state index < -0.39 is 0 Å². The van der Waals surface area contributed by atoms with Crippen molar-refractivity contribution in [3.63, 3.8) is 0 Å². The fourth-order valence-corrected chi connectivity index (χ4v) is 1.67. The van der Waals surface area contributed by atoms with Crippen LogP contribution in [0.3, 0.4) is 0 Å². The van der Waals surface area contributed by atoms with E-state index in [2.05, 4.69) is 58.1 Å². The molecule has 0 bridgehead atoms. The fourth-order valence-electron chi connectivity index (χ4n) is 1.67. The molecule has 0 fully saturated rings. The van der Waals surface area contributed by atoms with E-state index in [1.807, 2.05) is 6.07 Å². The van der Waals surface area contributed by atoms with Gasteiger partial charge in [-0.1, -0.05) is 39.8 Å². The van der Waals surface area contributed by atoms with E-state index in [0.717, 1.165) is 18.9 Å². The van der Waals surface area contributed by atoms with Crippen molar-refractivity contribution >= 4 is 0 Å². The first-order valence-electron chi connectivity index (χ1n) is 6.95. The summed E-state index contributed by atoms with van der Waals surface area (Å²) < 4.78 is 5.76. The van der Waals surface area contributed by atoms with E-state index >= 15 is 0 Å². The maximum absolute atomic E-state index is 5.76. The summed E-state index contributed by atoms with van der Waals surface area (Å²) in [6.07, 6.45) is 0. The average Bonchev–Trinajstić information content (AvgIpc) is 2.33. The molecule has 0 heterocycles. The van der Waals surface area contributed by atoms with Gasteiger partial charge in [0.25, 0.3) is 0 Å². The smallest absolute Gasteiger partial charge is 0.119 e. The van der Waals surface area contributed by atoms with E-state index in [9.17, 15) is 0 Å². The number of rotatable bonds is 7. The predicted molar refractivity (Wildman–Crippen MR) is 78.0 cm³/mol. The molecule has 18 heavy (non-hydrogen) atoms. The molecule has 0 aliphatic rings. The molecule has 1 aromatic carbocycles. The fraction of sp³-hybridized carbons (Fsp3) is 0.625. The SMILES string of the molecule is CC(C)CN[C@@H](C)c1cccc(OCC(C)C)c1. The number of hydrogen-bond acceptors (Lipinski definition) is 2. The molecule has 2 heteroatoms. The Morgan fingerprint density at radius 3 is 2.39 bits per heavy atom. The lowest BCUT2D eigenvalue weighted by atomic mass is 10.1. The summed E-state index contributed by atoms with van der Waals surface area (Å²) in [6, 6.07) is 8.76. The van der Waals surface area contributed by atoms with E-state index in [1.54, 1.807) is 0 Å². The lowest BCUT2D eigenvalue weighted by Crippen LogP contribution is -2.23. The van der Waals surface area contributed by atoms with Crippen LogP contribution < -0.4 is 10.1 Å². The molecule has 102 valence electrons. The topological polar surface area (TPSA) is 21.3 Å². The van der Waals surface area contributed by atoms with Crippen LogP contribution in [0.25, 0.3) is 0 Å². The quantitative estimate of drug-likeness (QED) is 0.788. The van der Waals surface area contributed by atoms with Crippen LogP contribution in [0.1, 0.15) is 46.2 Å². The Morgan fingerprint density at radius 2 is 1.78 bits per heavy atom. The van der Waals surface area contributed by atoms with Gasteiger partial charge >= 0.3 is 0 Å². The molecular weight excluding hydrogens is 222 g/mol. The van der Waals surface area contributed by atoms with Crippen molar-refractivity contribution in [3.8, 4) is 5.75 Å². The molecule has 0 aliphatic carbocycles. The van der Waals surface area contributed by atoms with Crippen molar-refractivity contribution < 1.29 is 4.74 Å². The molecule has 0 saturated carbocycles. The first kappa shape index (κ1) is 15.0. The van der Waals surface area contributed by atoms with Crippen LogP contribution in [-0.4, -0.2) is 13.2 Å². The third kappa shape index (κ3) is 5.54. The monoisotopic (exact) mass is 249 g/mol. The summed E-state index contributed by atoms with van der Waals surface area (Å²) in [7, 11) is 0. The van der Waals surface area contributed by atoms with Gasteiger partial charge in [-0.25, -0.2) is 0 Å². The summed E-state index contributed by atoms with van der Waals surface area (Å²) in [5, 5.41) is 3.53. The first-order chi connectivity index (χ1) is 8.49. The first-order valence-corrected chi connectivity index (χ1v) is 6.95. The molecule has 0 spiro atoms. The standard InChI is InChI=1S/C16H27NO/c1-12(2)10-17-14(5)15-7-6-8-16(9-15)18-11-13(3)4/h6-9,12-14,17H,10-11H2,1-5H3/t14-/m0/s1. The van der Waals surface area contributed by atoms with Crippen LogP contribution in [0, 0.1) is 11.8 Å². The van der Waals surface area contributed by atoms with Gasteiger partial charge < -0.3 is 10.1 Å². The molecule has 1 rings (SSSR count). The second kappa shape index (κ2) is 7.42. The molecule has 0 unspecified atom stereocenters. The van der Waals surface area contributed by atoms with Crippen molar-refractivity contribution in [2.24, 2.45) is 11.8 Å². The molecule has 1 atom stereocenters. The van der Waals surface area contributed by atoms with Gasteiger partial charge in [-0.2, -0.15) is 0 Å². The zero-order valence-electron chi connectivity index (χ0n) is 12.4. The largest absolute Gasteiger partial charge is 0.493 e. The molecule has 0 amide bonds. The van der Waals surface area contributed by atoms with Crippen LogP contribution in [0.2, 0.25) is 0 Å². The highest BCUT2D eigenvalue weighted by Crippen LogP contribution is 2.19. The van der Waals surface area contributed by atoms with Gasteiger partial charge in [0.1, 0.15) is 5.75 Å². The highest BCUT2D eigenvalue weighted by molar-refractivity contribution is 5.30. The van der Waals surface area contributed by atoms with Gasteiger partial charge in [-0.05, 0) is 43.0 Å². The van der Waals surface area contributed by atoms with E-state index in [4.69, 9.17) is 4.74 Å². The molecular formula is C16H27NO. The molecule has 0 aromatic heterocycles. The van der Waals surface area contributed by atoms with Gasteiger partial charge in [0.2, 0.25) is 0 Å². The van der Waals surface area contributed by atoms with Crippen LogP contribution in [0.15, 0.2) is 24.3 Å². The van der Waals surface area contributed by atoms with Gasteiger partial charge in [-0.15, -0.1) is 0 Å². The molecule has 1 aromatic rings. The number of hydrogen-bond donors (Lipinski definition) is 1. The number of benzene rings is 1. The van der Waals surface area contributed by atoms with Crippen molar-refractivity contribution in [2.45, 2.75) is 40.7 Å². The average molecular weight is 249 g/mol. The maximum Gasteiger partial charge on any atom is 0.119 e. The van der Waals surface area contributed by atoms with Gasteiger partial charge in [0.05, 0.1) is 6.61 Å². The minimum atomic E-state index is 0.370. The Labute approximate surface area is 112 Å². The Bertz CT molecular complexity index is 347.